The molecule has 1 aliphatic heterocycles. The van der Waals surface area contributed by atoms with Gasteiger partial charge in [-0.2, -0.15) is 4.31 Å². The number of aromatic nitrogens is 3. The fourth-order valence-electron chi connectivity index (χ4n) is 2.72. The third kappa shape index (κ3) is 2.99. The van der Waals surface area contributed by atoms with Crippen LogP contribution in [0.15, 0.2) is 23.0 Å². The zero-order valence-electron chi connectivity index (χ0n) is 12.8. The fraction of sp³-hybridized carbons (Fsp3) is 0.462. The molecule has 2 aromatic heterocycles. The van der Waals surface area contributed by atoms with Crippen LogP contribution in [-0.2, 0) is 23.1 Å². The van der Waals surface area contributed by atoms with Crippen molar-refractivity contribution in [3.8, 4) is 0 Å². The van der Waals surface area contributed by atoms with Crippen molar-refractivity contribution in [3.05, 3.63) is 35.7 Å². The average molecular weight is 339 g/mol. The van der Waals surface area contributed by atoms with Gasteiger partial charge in [0.2, 0.25) is 15.8 Å². The minimum atomic E-state index is -3.27. The van der Waals surface area contributed by atoms with Crippen LogP contribution in [0.1, 0.15) is 35.0 Å². The molecule has 1 unspecified atom stereocenters. The van der Waals surface area contributed by atoms with Crippen LogP contribution in [0.5, 0.6) is 0 Å². The number of carbonyl (C=O) groups is 1. The average Bonchev–Trinajstić information content (AvgIpc) is 3.14. The summed E-state index contributed by atoms with van der Waals surface area (Å²) in [5, 5.41) is 6.21. The Balaban J connectivity index is 1.74. The number of carbonyl (C=O) groups excluding carboxylic acids is 1. The van der Waals surface area contributed by atoms with E-state index in [2.05, 4.69) is 15.5 Å². The van der Waals surface area contributed by atoms with Crippen LogP contribution < -0.4 is 5.32 Å². The minimum absolute atomic E-state index is 0.139. The van der Waals surface area contributed by atoms with E-state index >= 15 is 0 Å². The third-order valence-corrected chi connectivity index (χ3v) is 5.19. The summed E-state index contributed by atoms with van der Waals surface area (Å²) in [5.74, 6) is 0.449. The van der Waals surface area contributed by atoms with Crippen LogP contribution in [-0.4, -0.2) is 46.1 Å². The van der Waals surface area contributed by atoms with E-state index in [1.165, 1.54) is 22.8 Å². The van der Waals surface area contributed by atoms with Crippen molar-refractivity contribution in [3.63, 3.8) is 0 Å². The molecule has 23 heavy (non-hydrogen) atoms. The molecule has 0 radical (unpaired) electrons. The summed E-state index contributed by atoms with van der Waals surface area (Å²) in [6.45, 7) is 2.96. The highest BCUT2D eigenvalue weighted by atomic mass is 32.2. The van der Waals surface area contributed by atoms with Gasteiger partial charge in [0.05, 0.1) is 36.9 Å². The van der Waals surface area contributed by atoms with Gasteiger partial charge in [0.25, 0.3) is 5.91 Å². The van der Waals surface area contributed by atoms with Gasteiger partial charge in [0.15, 0.2) is 0 Å². The SMILES string of the molecule is CC1c2ncc(CNC(=O)c3ccno3)n2CCN1S(C)(=O)=O. The highest BCUT2D eigenvalue weighted by molar-refractivity contribution is 7.88. The predicted molar refractivity (Wildman–Crippen MR) is 79.9 cm³/mol. The van der Waals surface area contributed by atoms with Gasteiger partial charge in [-0.3, -0.25) is 4.79 Å². The first-order valence-electron chi connectivity index (χ1n) is 7.08. The van der Waals surface area contributed by atoms with Gasteiger partial charge >= 0.3 is 0 Å². The molecule has 0 spiro atoms. The number of rotatable bonds is 4. The molecule has 0 saturated heterocycles. The normalized spacial score (nSPS) is 18.6. The van der Waals surface area contributed by atoms with E-state index in [1.807, 2.05) is 4.57 Å². The first-order valence-corrected chi connectivity index (χ1v) is 8.92. The van der Waals surface area contributed by atoms with Gasteiger partial charge in [-0.15, -0.1) is 0 Å². The van der Waals surface area contributed by atoms with E-state index < -0.39 is 10.0 Å². The summed E-state index contributed by atoms with van der Waals surface area (Å²) in [6, 6.07) is 1.14. The van der Waals surface area contributed by atoms with Crippen LogP contribution in [0.25, 0.3) is 0 Å². The largest absolute Gasteiger partial charge is 0.351 e. The van der Waals surface area contributed by atoms with E-state index in [-0.39, 0.29) is 24.3 Å². The fourth-order valence-corrected chi connectivity index (χ4v) is 3.81. The molecule has 1 N–H and O–H groups in total. The van der Waals surface area contributed by atoms with Gasteiger partial charge in [0.1, 0.15) is 5.82 Å². The first kappa shape index (κ1) is 15.7. The maximum atomic E-state index is 11.9. The maximum absolute atomic E-state index is 11.9. The van der Waals surface area contributed by atoms with Crippen molar-refractivity contribution in [2.24, 2.45) is 0 Å². The van der Waals surface area contributed by atoms with Crippen molar-refractivity contribution < 1.29 is 17.7 Å². The molecule has 0 aliphatic carbocycles. The Kier molecular flexibility index (Phi) is 3.94. The number of amides is 1. The number of hydrogen-bond donors (Lipinski definition) is 1. The van der Waals surface area contributed by atoms with Crippen LogP contribution in [0, 0.1) is 0 Å². The molecule has 0 saturated carbocycles. The lowest BCUT2D eigenvalue weighted by atomic mass is 10.2. The lowest BCUT2D eigenvalue weighted by Crippen LogP contribution is -2.41. The number of nitrogens with one attached hydrogen (secondary N) is 1. The Morgan fingerprint density at radius 3 is 2.91 bits per heavy atom. The Hall–Kier alpha value is -2.20. The number of nitrogens with zero attached hydrogens (tertiary/aromatic N) is 4. The lowest BCUT2D eigenvalue weighted by molar-refractivity contribution is 0.0913. The van der Waals surface area contributed by atoms with Crippen molar-refractivity contribution in [2.75, 3.05) is 12.8 Å². The predicted octanol–water partition coefficient (Wildman–Crippen LogP) is 0.137. The summed E-state index contributed by atoms with van der Waals surface area (Å²) < 4.78 is 31.7. The molecule has 1 amide bonds. The molecule has 1 atom stereocenters. The monoisotopic (exact) mass is 339 g/mol. The minimum Gasteiger partial charge on any atom is -0.351 e. The zero-order valence-corrected chi connectivity index (χ0v) is 13.6. The van der Waals surface area contributed by atoms with Crippen molar-refractivity contribution in [2.45, 2.75) is 26.1 Å². The number of fused-ring (bicyclic) bond motifs is 1. The van der Waals surface area contributed by atoms with E-state index in [0.717, 1.165) is 5.69 Å². The Labute approximate surface area is 133 Å². The van der Waals surface area contributed by atoms with Gasteiger partial charge in [-0.25, -0.2) is 13.4 Å². The molecule has 9 nitrogen and oxygen atoms in total. The van der Waals surface area contributed by atoms with Gasteiger partial charge in [0, 0.05) is 19.2 Å². The summed E-state index contributed by atoms with van der Waals surface area (Å²) >= 11 is 0. The smallest absolute Gasteiger partial charge is 0.290 e. The molecule has 0 bridgehead atoms. The van der Waals surface area contributed by atoms with E-state index in [4.69, 9.17) is 4.52 Å². The molecule has 0 fully saturated rings. The van der Waals surface area contributed by atoms with Gasteiger partial charge < -0.3 is 14.4 Å². The number of hydrogen-bond acceptors (Lipinski definition) is 6. The Bertz CT molecular complexity index is 812. The molecule has 124 valence electrons. The van der Waals surface area contributed by atoms with Gasteiger partial charge in [-0.05, 0) is 6.92 Å². The Morgan fingerprint density at radius 2 is 2.26 bits per heavy atom. The van der Waals surface area contributed by atoms with Crippen molar-refractivity contribution >= 4 is 15.9 Å². The standard InChI is InChI=1S/C13H17N5O4S/c1-9-12-14-7-10(8-15-13(19)11-3-4-16-22-11)17(12)5-6-18(9)23(2,20)21/h3-4,7,9H,5-6,8H2,1-2H3,(H,15,19). The summed E-state index contributed by atoms with van der Waals surface area (Å²) in [7, 11) is -3.27. The van der Waals surface area contributed by atoms with Crippen molar-refractivity contribution in [1.29, 1.82) is 0 Å². The van der Waals surface area contributed by atoms with E-state index in [9.17, 15) is 13.2 Å². The van der Waals surface area contributed by atoms with Crippen LogP contribution in [0.3, 0.4) is 0 Å². The molecule has 3 heterocycles. The molecular formula is C13H17N5O4S. The van der Waals surface area contributed by atoms with E-state index in [1.54, 1.807) is 13.1 Å². The summed E-state index contributed by atoms with van der Waals surface area (Å²) in [6.07, 6.45) is 4.25. The molecule has 3 rings (SSSR count). The lowest BCUT2D eigenvalue weighted by Gasteiger charge is -2.32. The summed E-state index contributed by atoms with van der Waals surface area (Å²) in [4.78, 5) is 16.2. The van der Waals surface area contributed by atoms with E-state index in [0.29, 0.717) is 18.9 Å². The van der Waals surface area contributed by atoms with Crippen molar-refractivity contribution in [1.82, 2.24) is 24.3 Å². The third-order valence-electron chi connectivity index (χ3n) is 3.84. The number of imidazole rings is 1. The first-order chi connectivity index (χ1) is 10.9. The second-order valence-corrected chi connectivity index (χ2v) is 7.30. The maximum Gasteiger partial charge on any atom is 0.290 e. The second-order valence-electron chi connectivity index (χ2n) is 5.37. The summed E-state index contributed by atoms with van der Waals surface area (Å²) in [5.41, 5.74) is 0.813. The highest BCUT2D eigenvalue weighted by Crippen LogP contribution is 2.27. The van der Waals surface area contributed by atoms with Crippen LogP contribution in [0.2, 0.25) is 0 Å². The zero-order chi connectivity index (χ0) is 16.6. The quantitative estimate of drug-likeness (QED) is 0.848. The van der Waals surface area contributed by atoms with Crippen LogP contribution in [0.4, 0.5) is 0 Å². The molecule has 1 aliphatic rings. The van der Waals surface area contributed by atoms with Gasteiger partial charge in [-0.1, -0.05) is 5.16 Å². The number of sulfonamides is 1. The second kappa shape index (κ2) is 5.78. The highest BCUT2D eigenvalue weighted by Gasteiger charge is 2.32. The molecule has 2 aromatic rings. The molecular weight excluding hydrogens is 322 g/mol. The van der Waals surface area contributed by atoms with Crippen LogP contribution >= 0.6 is 0 Å². The molecule has 0 aromatic carbocycles. The topological polar surface area (TPSA) is 110 Å². The molecule has 10 heteroatoms. The Morgan fingerprint density at radius 1 is 1.48 bits per heavy atom.